The number of H-pyrrole nitrogens is 1. The van der Waals surface area contributed by atoms with Crippen LogP contribution in [0.5, 0.6) is 5.75 Å². The fourth-order valence-corrected chi connectivity index (χ4v) is 4.49. The smallest absolute Gasteiger partial charge is 0.352 e. The molecule has 0 saturated carbocycles. The number of aromatic nitrogens is 4. The zero-order chi connectivity index (χ0) is 23.8. The maximum absolute atomic E-state index is 11.6. The SMILES string of the molecule is Cc1cc(-n2cccn2)c2cccc(OCc3c(Cl)ccc(-c4cc[nH]c4C(=O)O)c3Cl)c2n1. The van der Waals surface area contributed by atoms with Gasteiger partial charge in [-0.05, 0) is 37.3 Å². The summed E-state index contributed by atoms with van der Waals surface area (Å²) >= 11 is 13.1. The summed E-state index contributed by atoms with van der Waals surface area (Å²) in [5.74, 6) is -0.506. The van der Waals surface area contributed by atoms with Crippen molar-refractivity contribution in [2.45, 2.75) is 13.5 Å². The number of carboxylic acid groups (broad SMARTS) is 1. The molecule has 0 aliphatic heterocycles. The van der Waals surface area contributed by atoms with Gasteiger partial charge in [0.15, 0.2) is 0 Å². The Hall–Kier alpha value is -3.81. The van der Waals surface area contributed by atoms with E-state index in [1.54, 1.807) is 35.3 Å². The molecule has 3 heterocycles. The minimum atomic E-state index is -1.07. The predicted molar refractivity (Wildman–Crippen MR) is 131 cm³/mol. The summed E-state index contributed by atoms with van der Waals surface area (Å²) in [5.41, 5.74) is 4.03. The highest BCUT2D eigenvalue weighted by Gasteiger charge is 2.19. The fraction of sp³-hybridized carbons (Fsp3) is 0.0800. The molecule has 0 aliphatic rings. The van der Waals surface area contributed by atoms with Gasteiger partial charge >= 0.3 is 5.97 Å². The highest BCUT2D eigenvalue weighted by molar-refractivity contribution is 6.38. The number of nitrogens with one attached hydrogen (secondary N) is 1. The van der Waals surface area contributed by atoms with Gasteiger partial charge in [0, 0.05) is 51.4 Å². The van der Waals surface area contributed by atoms with Crippen LogP contribution in [0, 0.1) is 6.92 Å². The van der Waals surface area contributed by atoms with Crippen LogP contribution in [0.3, 0.4) is 0 Å². The van der Waals surface area contributed by atoms with Gasteiger partial charge in [-0.2, -0.15) is 5.10 Å². The Morgan fingerprint density at radius 3 is 2.76 bits per heavy atom. The molecule has 2 N–H and O–H groups in total. The molecule has 170 valence electrons. The third-order valence-corrected chi connectivity index (χ3v) is 6.25. The molecule has 3 aromatic heterocycles. The molecule has 0 spiro atoms. The normalized spacial score (nSPS) is 11.1. The zero-order valence-electron chi connectivity index (χ0n) is 17.9. The molecule has 34 heavy (non-hydrogen) atoms. The van der Waals surface area contributed by atoms with Crippen LogP contribution in [0.4, 0.5) is 0 Å². The van der Waals surface area contributed by atoms with E-state index in [0.29, 0.717) is 38.0 Å². The number of halogens is 2. The Labute approximate surface area is 204 Å². The molecule has 2 aromatic carbocycles. The number of fused-ring (bicyclic) bond motifs is 1. The molecule has 0 saturated heterocycles. The maximum atomic E-state index is 11.6. The summed E-state index contributed by atoms with van der Waals surface area (Å²) < 4.78 is 7.95. The number of ether oxygens (including phenoxy) is 1. The Bertz CT molecular complexity index is 1530. The zero-order valence-corrected chi connectivity index (χ0v) is 19.4. The number of aryl methyl sites for hydroxylation is 1. The molecule has 0 amide bonds. The van der Waals surface area contributed by atoms with E-state index >= 15 is 0 Å². The Kier molecular flexibility index (Phi) is 5.73. The van der Waals surface area contributed by atoms with E-state index in [2.05, 4.69) is 10.1 Å². The molecule has 9 heteroatoms. The fourth-order valence-electron chi connectivity index (χ4n) is 3.90. The molecule has 0 radical (unpaired) electrons. The number of para-hydroxylation sites is 1. The lowest BCUT2D eigenvalue weighted by molar-refractivity contribution is 0.0692. The number of aromatic amines is 1. The summed E-state index contributed by atoms with van der Waals surface area (Å²) in [6.07, 6.45) is 5.15. The number of carbonyl (C=O) groups is 1. The third kappa shape index (κ3) is 3.89. The van der Waals surface area contributed by atoms with Gasteiger partial charge in [-0.1, -0.05) is 41.4 Å². The predicted octanol–water partition coefficient (Wildman–Crippen LogP) is 6.31. The average molecular weight is 493 g/mol. The van der Waals surface area contributed by atoms with Crippen LogP contribution in [-0.2, 0) is 6.61 Å². The van der Waals surface area contributed by atoms with Crippen LogP contribution >= 0.6 is 23.2 Å². The molecular weight excluding hydrogens is 475 g/mol. The van der Waals surface area contributed by atoms with E-state index in [0.717, 1.165) is 16.8 Å². The number of carboxylic acids is 1. The number of rotatable bonds is 6. The van der Waals surface area contributed by atoms with E-state index < -0.39 is 5.97 Å². The quantitative estimate of drug-likeness (QED) is 0.289. The summed E-state index contributed by atoms with van der Waals surface area (Å²) in [7, 11) is 0. The number of nitrogens with zero attached hydrogens (tertiary/aromatic N) is 3. The van der Waals surface area contributed by atoms with Gasteiger partial charge in [-0.25, -0.2) is 14.5 Å². The summed E-state index contributed by atoms with van der Waals surface area (Å²) in [4.78, 5) is 19.0. The lowest BCUT2D eigenvalue weighted by atomic mass is 10.0. The monoisotopic (exact) mass is 492 g/mol. The number of pyridine rings is 1. The van der Waals surface area contributed by atoms with E-state index in [1.165, 1.54) is 0 Å². The van der Waals surface area contributed by atoms with Gasteiger partial charge in [0.05, 0.1) is 10.7 Å². The maximum Gasteiger partial charge on any atom is 0.352 e. The number of hydrogen-bond acceptors (Lipinski definition) is 4. The van der Waals surface area contributed by atoms with Gasteiger partial charge in [0.1, 0.15) is 23.6 Å². The van der Waals surface area contributed by atoms with Crippen LogP contribution in [0.1, 0.15) is 21.7 Å². The lowest BCUT2D eigenvalue weighted by Gasteiger charge is -2.15. The van der Waals surface area contributed by atoms with Crippen molar-refractivity contribution in [1.29, 1.82) is 0 Å². The van der Waals surface area contributed by atoms with Gasteiger partial charge in [-0.15, -0.1) is 0 Å². The van der Waals surface area contributed by atoms with Gasteiger partial charge < -0.3 is 14.8 Å². The van der Waals surface area contributed by atoms with Crippen LogP contribution in [0.25, 0.3) is 27.7 Å². The minimum Gasteiger partial charge on any atom is -0.487 e. The van der Waals surface area contributed by atoms with Crippen molar-refractivity contribution in [3.8, 4) is 22.6 Å². The molecule has 0 bridgehead atoms. The second-order valence-electron chi connectivity index (χ2n) is 7.63. The average Bonchev–Trinajstić information content (AvgIpc) is 3.51. The van der Waals surface area contributed by atoms with Crippen LogP contribution < -0.4 is 4.74 Å². The first-order valence-corrected chi connectivity index (χ1v) is 11.1. The minimum absolute atomic E-state index is 0.0518. The third-order valence-electron chi connectivity index (χ3n) is 5.47. The van der Waals surface area contributed by atoms with E-state index in [1.807, 2.05) is 43.5 Å². The topological polar surface area (TPSA) is 93.0 Å². The van der Waals surface area contributed by atoms with Crippen LogP contribution in [0.15, 0.2) is 67.1 Å². The number of aromatic carboxylic acids is 1. The highest BCUT2D eigenvalue weighted by atomic mass is 35.5. The van der Waals surface area contributed by atoms with E-state index in [4.69, 9.17) is 32.9 Å². The second kappa shape index (κ2) is 8.85. The summed E-state index contributed by atoms with van der Waals surface area (Å²) in [6.45, 7) is 1.99. The Balaban J connectivity index is 1.53. The Morgan fingerprint density at radius 1 is 1.15 bits per heavy atom. The second-order valence-corrected chi connectivity index (χ2v) is 8.42. The van der Waals surface area contributed by atoms with Crippen molar-refractivity contribution in [1.82, 2.24) is 19.7 Å². The molecule has 0 atom stereocenters. The summed E-state index contributed by atoms with van der Waals surface area (Å²) in [6, 6.07) is 14.6. The standard InChI is InChI=1S/C25H18Cl2N4O3/c1-14-12-20(31-11-3-9-29-31)17-4-2-5-21(23(17)30-14)34-13-18-19(26)7-6-15(22(18)27)16-8-10-28-24(16)25(32)33/h2-12,28H,13H2,1H3,(H,32,33). The largest absolute Gasteiger partial charge is 0.487 e. The van der Waals surface area contributed by atoms with Gasteiger partial charge in [0.2, 0.25) is 0 Å². The Morgan fingerprint density at radius 2 is 2.00 bits per heavy atom. The highest BCUT2D eigenvalue weighted by Crippen LogP contribution is 2.37. The van der Waals surface area contributed by atoms with Crippen molar-refractivity contribution in [2.24, 2.45) is 0 Å². The van der Waals surface area contributed by atoms with E-state index in [9.17, 15) is 9.90 Å². The van der Waals surface area contributed by atoms with Crippen molar-refractivity contribution in [3.05, 3.63) is 94.1 Å². The lowest BCUT2D eigenvalue weighted by Crippen LogP contribution is -2.03. The first kappa shape index (κ1) is 22.0. The molecule has 5 aromatic rings. The summed E-state index contributed by atoms with van der Waals surface area (Å²) in [5, 5.41) is 15.4. The number of hydrogen-bond donors (Lipinski definition) is 2. The van der Waals surface area contributed by atoms with Crippen molar-refractivity contribution in [2.75, 3.05) is 0 Å². The first-order valence-electron chi connectivity index (χ1n) is 10.3. The molecule has 5 rings (SSSR count). The van der Waals surface area contributed by atoms with E-state index in [-0.39, 0.29) is 12.3 Å². The van der Waals surface area contributed by atoms with Gasteiger partial charge in [0.25, 0.3) is 0 Å². The van der Waals surface area contributed by atoms with Crippen LogP contribution in [0.2, 0.25) is 10.0 Å². The van der Waals surface area contributed by atoms with Crippen molar-refractivity contribution in [3.63, 3.8) is 0 Å². The first-order chi connectivity index (χ1) is 16.4. The molecular formula is C25H18Cl2N4O3. The molecule has 0 fully saturated rings. The number of benzene rings is 2. The van der Waals surface area contributed by atoms with Crippen molar-refractivity contribution >= 4 is 40.1 Å². The van der Waals surface area contributed by atoms with Crippen molar-refractivity contribution < 1.29 is 14.6 Å². The molecule has 7 nitrogen and oxygen atoms in total. The van der Waals surface area contributed by atoms with Gasteiger partial charge in [-0.3, -0.25) is 0 Å². The molecule has 0 aliphatic carbocycles. The molecule has 0 unspecified atom stereocenters. The van der Waals surface area contributed by atoms with Crippen LogP contribution in [-0.4, -0.2) is 30.8 Å².